The van der Waals surface area contributed by atoms with Crippen molar-refractivity contribution in [3.8, 4) is 5.75 Å². The lowest BCUT2D eigenvalue weighted by Gasteiger charge is -2.03. The number of carbonyl (C=O) groups excluding carboxylic acids is 1. The first-order valence-electron chi connectivity index (χ1n) is 4.36. The minimum absolute atomic E-state index is 0.313. The van der Waals surface area contributed by atoms with Crippen molar-refractivity contribution >= 4 is 6.41 Å². The fraction of sp³-hybridized carbons (Fsp3) is 0.300. The van der Waals surface area contributed by atoms with Crippen LogP contribution in [0.3, 0.4) is 0 Å². The van der Waals surface area contributed by atoms with Crippen LogP contribution in [0.5, 0.6) is 5.75 Å². The third kappa shape index (κ3) is 3.45. The SMILES string of the molecule is O=CNCCc1ccc(OCO)cc1. The lowest BCUT2D eigenvalue weighted by molar-refractivity contribution is -0.109. The molecule has 1 aromatic carbocycles. The molecule has 0 aliphatic rings. The standard InChI is InChI=1S/C10H13NO3/c12-7-11-6-5-9-1-3-10(4-2-9)14-8-13/h1-4,7,13H,5-6,8H2,(H,11,12). The summed E-state index contributed by atoms with van der Waals surface area (Å²) in [5.74, 6) is 0.639. The Bertz CT molecular complexity index is 271. The predicted octanol–water partition coefficient (Wildman–Crippen LogP) is 0.304. The first-order chi connectivity index (χ1) is 6.86. The van der Waals surface area contributed by atoms with Crippen molar-refractivity contribution < 1.29 is 14.6 Å². The highest BCUT2D eigenvalue weighted by atomic mass is 16.6. The minimum Gasteiger partial charge on any atom is -0.468 e. The van der Waals surface area contributed by atoms with Gasteiger partial charge in [-0.15, -0.1) is 0 Å². The van der Waals surface area contributed by atoms with Crippen LogP contribution in [0.25, 0.3) is 0 Å². The topological polar surface area (TPSA) is 58.6 Å². The summed E-state index contributed by atoms with van der Waals surface area (Å²) in [5.41, 5.74) is 1.12. The van der Waals surface area contributed by atoms with E-state index in [1.165, 1.54) is 0 Å². The smallest absolute Gasteiger partial charge is 0.207 e. The molecule has 0 aromatic heterocycles. The largest absolute Gasteiger partial charge is 0.468 e. The molecular formula is C10H13NO3. The zero-order valence-corrected chi connectivity index (χ0v) is 7.77. The van der Waals surface area contributed by atoms with Gasteiger partial charge in [0.25, 0.3) is 0 Å². The third-order valence-electron chi connectivity index (χ3n) is 1.80. The molecule has 0 radical (unpaired) electrons. The summed E-state index contributed by atoms with van der Waals surface area (Å²) in [7, 11) is 0. The van der Waals surface area contributed by atoms with Crippen molar-refractivity contribution in [2.45, 2.75) is 6.42 Å². The van der Waals surface area contributed by atoms with E-state index in [1.54, 1.807) is 12.1 Å². The van der Waals surface area contributed by atoms with Crippen LogP contribution in [0.2, 0.25) is 0 Å². The molecule has 1 amide bonds. The summed E-state index contributed by atoms with van der Waals surface area (Å²) in [6.07, 6.45) is 1.47. The van der Waals surface area contributed by atoms with Gasteiger partial charge in [-0.2, -0.15) is 0 Å². The monoisotopic (exact) mass is 195 g/mol. The Labute approximate surface area is 82.5 Å². The molecule has 14 heavy (non-hydrogen) atoms. The fourth-order valence-electron chi connectivity index (χ4n) is 1.10. The highest BCUT2D eigenvalue weighted by molar-refractivity contribution is 5.45. The maximum atomic E-state index is 9.98. The van der Waals surface area contributed by atoms with Crippen LogP contribution in [-0.2, 0) is 11.2 Å². The summed E-state index contributed by atoms with van der Waals surface area (Å²) in [4.78, 5) is 9.98. The second kappa shape index (κ2) is 5.99. The molecule has 1 rings (SSSR count). The maximum absolute atomic E-state index is 9.98. The molecule has 0 fully saturated rings. The highest BCUT2D eigenvalue weighted by Crippen LogP contribution is 2.11. The fourth-order valence-corrected chi connectivity index (χ4v) is 1.10. The van der Waals surface area contributed by atoms with Crippen LogP contribution in [0.15, 0.2) is 24.3 Å². The van der Waals surface area contributed by atoms with E-state index in [4.69, 9.17) is 9.84 Å². The molecule has 0 heterocycles. The normalized spacial score (nSPS) is 9.50. The van der Waals surface area contributed by atoms with Gasteiger partial charge in [-0.1, -0.05) is 12.1 Å². The van der Waals surface area contributed by atoms with Crippen molar-refractivity contribution in [2.75, 3.05) is 13.3 Å². The van der Waals surface area contributed by atoms with Crippen molar-refractivity contribution in [3.05, 3.63) is 29.8 Å². The summed E-state index contributed by atoms with van der Waals surface area (Å²) in [6, 6.07) is 7.37. The number of nitrogens with one attached hydrogen (secondary N) is 1. The van der Waals surface area contributed by atoms with E-state index in [-0.39, 0.29) is 6.79 Å². The summed E-state index contributed by atoms with van der Waals surface area (Å²) in [6.45, 7) is 0.315. The second-order valence-electron chi connectivity index (χ2n) is 2.74. The summed E-state index contributed by atoms with van der Waals surface area (Å²) in [5, 5.41) is 11.1. The lowest BCUT2D eigenvalue weighted by Crippen LogP contribution is -2.14. The molecule has 4 heteroatoms. The quantitative estimate of drug-likeness (QED) is 0.390. The average Bonchev–Trinajstić information content (AvgIpc) is 2.21. The Hall–Kier alpha value is -1.55. The van der Waals surface area contributed by atoms with Gasteiger partial charge in [0.2, 0.25) is 6.41 Å². The molecule has 0 bridgehead atoms. The molecule has 2 N–H and O–H groups in total. The van der Waals surface area contributed by atoms with Crippen molar-refractivity contribution in [2.24, 2.45) is 0 Å². The van der Waals surface area contributed by atoms with E-state index in [0.717, 1.165) is 12.0 Å². The number of aliphatic hydroxyl groups excluding tert-OH is 1. The van der Waals surface area contributed by atoms with Crippen molar-refractivity contribution in [1.29, 1.82) is 0 Å². The summed E-state index contributed by atoms with van der Waals surface area (Å²) >= 11 is 0. The molecule has 76 valence electrons. The zero-order chi connectivity index (χ0) is 10.2. The maximum Gasteiger partial charge on any atom is 0.207 e. The number of ether oxygens (including phenoxy) is 1. The number of carbonyl (C=O) groups is 1. The van der Waals surface area contributed by atoms with E-state index in [2.05, 4.69) is 5.32 Å². The van der Waals surface area contributed by atoms with E-state index >= 15 is 0 Å². The lowest BCUT2D eigenvalue weighted by atomic mass is 10.1. The molecule has 0 aliphatic carbocycles. The molecule has 4 nitrogen and oxygen atoms in total. The number of amides is 1. The Morgan fingerprint density at radius 1 is 1.36 bits per heavy atom. The van der Waals surface area contributed by atoms with E-state index < -0.39 is 0 Å². The molecule has 1 aromatic rings. The Morgan fingerprint density at radius 2 is 2.07 bits per heavy atom. The van der Waals surface area contributed by atoms with Crippen LogP contribution in [0.4, 0.5) is 0 Å². The van der Waals surface area contributed by atoms with Crippen molar-refractivity contribution in [1.82, 2.24) is 5.32 Å². The first kappa shape index (κ1) is 10.5. The highest BCUT2D eigenvalue weighted by Gasteiger charge is 1.94. The van der Waals surface area contributed by atoms with Crippen LogP contribution in [0, 0.1) is 0 Å². The number of benzene rings is 1. The van der Waals surface area contributed by atoms with Crippen molar-refractivity contribution in [3.63, 3.8) is 0 Å². The van der Waals surface area contributed by atoms with Gasteiger partial charge in [-0.25, -0.2) is 0 Å². The van der Waals surface area contributed by atoms with Gasteiger partial charge in [-0.05, 0) is 24.1 Å². The van der Waals surface area contributed by atoms with E-state index in [0.29, 0.717) is 18.7 Å². The molecular weight excluding hydrogens is 182 g/mol. The number of hydrogen-bond acceptors (Lipinski definition) is 3. The van der Waals surface area contributed by atoms with Gasteiger partial charge in [0.15, 0.2) is 6.79 Å². The minimum atomic E-state index is -0.313. The zero-order valence-electron chi connectivity index (χ0n) is 7.77. The van der Waals surface area contributed by atoms with Gasteiger partial charge >= 0.3 is 0 Å². The Morgan fingerprint density at radius 3 is 2.64 bits per heavy atom. The number of aliphatic hydroxyl groups is 1. The number of rotatable bonds is 6. The van der Waals surface area contributed by atoms with Gasteiger partial charge in [0.1, 0.15) is 5.75 Å². The van der Waals surface area contributed by atoms with Crippen LogP contribution in [-0.4, -0.2) is 24.9 Å². The Balaban J connectivity index is 2.42. The molecule has 0 saturated carbocycles. The van der Waals surface area contributed by atoms with Gasteiger partial charge in [0.05, 0.1) is 0 Å². The number of hydrogen-bond donors (Lipinski definition) is 2. The van der Waals surface area contributed by atoms with Gasteiger partial charge in [0, 0.05) is 6.54 Å². The predicted molar refractivity (Wildman–Crippen MR) is 51.9 cm³/mol. The molecule has 0 spiro atoms. The van der Waals surface area contributed by atoms with Gasteiger partial charge < -0.3 is 15.2 Å². The van der Waals surface area contributed by atoms with E-state index in [1.807, 2.05) is 12.1 Å². The molecule has 0 saturated heterocycles. The van der Waals surface area contributed by atoms with Crippen LogP contribution < -0.4 is 10.1 Å². The molecule has 0 unspecified atom stereocenters. The first-order valence-corrected chi connectivity index (χ1v) is 4.36. The third-order valence-corrected chi connectivity index (χ3v) is 1.80. The average molecular weight is 195 g/mol. The Kier molecular flexibility index (Phi) is 4.50. The van der Waals surface area contributed by atoms with Gasteiger partial charge in [-0.3, -0.25) is 4.79 Å². The van der Waals surface area contributed by atoms with Crippen LogP contribution in [0.1, 0.15) is 5.56 Å². The molecule has 0 atom stereocenters. The second-order valence-corrected chi connectivity index (χ2v) is 2.74. The summed E-state index contributed by atoms with van der Waals surface area (Å²) < 4.78 is 4.87. The molecule has 0 aliphatic heterocycles. The van der Waals surface area contributed by atoms with Crippen LogP contribution >= 0.6 is 0 Å². The van der Waals surface area contributed by atoms with E-state index in [9.17, 15) is 4.79 Å².